The molecule has 0 aliphatic rings. The van der Waals surface area contributed by atoms with Gasteiger partial charge in [-0.05, 0) is 36.6 Å². The lowest BCUT2D eigenvalue weighted by atomic mass is 10.0. The van der Waals surface area contributed by atoms with Crippen LogP contribution in [-0.4, -0.2) is 6.18 Å². The van der Waals surface area contributed by atoms with Gasteiger partial charge in [-0.15, -0.1) is 0 Å². The third-order valence-corrected chi connectivity index (χ3v) is 3.70. The minimum absolute atomic E-state index is 0.0390. The third kappa shape index (κ3) is 5.26. The van der Waals surface area contributed by atoms with Crippen molar-refractivity contribution in [3.63, 3.8) is 0 Å². The second-order valence-corrected chi connectivity index (χ2v) is 5.66. The van der Waals surface area contributed by atoms with E-state index in [2.05, 4.69) is 37.3 Å². The first-order valence-electron chi connectivity index (χ1n) is 5.31. The summed E-state index contributed by atoms with van der Waals surface area (Å²) in [6, 6.07) is 5.20. The molecule has 0 aromatic heterocycles. The second-order valence-electron chi connectivity index (χ2n) is 3.89. The van der Waals surface area contributed by atoms with E-state index in [0.717, 1.165) is 14.5 Å². The van der Waals surface area contributed by atoms with Gasteiger partial charge >= 0.3 is 6.18 Å². The van der Waals surface area contributed by atoms with Crippen molar-refractivity contribution in [3.8, 4) is 0 Å². The highest BCUT2D eigenvalue weighted by molar-refractivity contribution is 9.11. The molecule has 2 nitrogen and oxygen atoms in total. The van der Waals surface area contributed by atoms with Gasteiger partial charge in [-0.3, -0.25) is 11.3 Å². The number of rotatable bonds is 5. The highest BCUT2D eigenvalue weighted by atomic mass is 79.9. The smallest absolute Gasteiger partial charge is 0.271 e. The maximum Gasteiger partial charge on any atom is 0.389 e. The second kappa shape index (κ2) is 6.88. The molecular formula is C11H13Br2F3N2. The maximum atomic E-state index is 12.1. The van der Waals surface area contributed by atoms with Crippen LogP contribution in [0.5, 0.6) is 0 Å². The van der Waals surface area contributed by atoms with Crippen molar-refractivity contribution in [2.45, 2.75) is 31.5 Å². The topological polar surface area (TPSA) is 38.0 Å². The van der Waals surface area contributed by atoms with E-state index >= 15 is 0 Å². The molecule has 0 fully saturated rings. The molecular weight excluding hydrogens is 377 g/mol. The summed E-state index contributed by atoms with van der Waals surface area (Å²) in [4.78, 5) is 0. The number of hydrazine groups is 1. The van der Waals surface area contributed by atoms with Gasteiger partial charge in [0.05, 0.1) is 0 Å². The van der Waals surface area contributed by atoms with Crippen LogP contribution in [0.25, 0.3) is 0 Å². The van der Waals surface area contributed by atoms with Gasteiger partial charge in [-0.1, -0.05) is 31.9 Å². The first kappa shape index (κ1) is 15.9. The molecule has 1 atom stereocenters. The predicted molar refractivity (Wildman–Crippen MR) is 71.8 cm³/mol. The Morgan fingerprint density at radius 2 is 1.94 bits per heavy atom. The Morgan fingerprint density at radius 3 is 2.50 bits per heavy atom. The largest absolute Gasteiger partial charge is 0.389 e. The molecule has 1 aromatic rings. The van der Waals surface area contributed by atoms with Gasteiger partial charge in [0.25, 0.3) is 0 Å². The molecule has 0 amide bonds. The molecule has 18 heavy (non-hydrogen) atoms. The van der Waals surface area contributed by atoms with Crippen molar-refractivity contribution in [2.24, 2.45) is 5.84 Å². The van der Waals surface area contributed by atoms with Crippen LogP contribution in [0.2, 0.25) is 0 Å². The first-order valence-corrected chi connectivity index (χ1v) is 6.90. The van der Waals surface area contributed by atoms with Crippen LogP contribution in [0.4, 0.5) is 13.2 Å². The predicted octanol–water partition coefficient (Wildman–Crippen LogP) is 4.45. The van der Waals surface area contributed by atoms with Gasteiger partial charge in [-0.25, -0.2) is 0 Å². The van der Waals surface area contributed by atoms with E-state index in [1.165, 1.54) is 0 Å². The van der Waals surface area contributed by atoms with Crippen molar-refractivity contribution in [2.75, 3.05) is 0 Å². The molecule has 1 rings (SSSR count). The van der Waals surface area contributed by atoms with Crippen LogP contribution >= 0.6 is 31.9 Å². The summed E-state index contributed by atoms with van der Waals surface area (Å²) in [6.07, 6.45) is -4.55. The Kier molecular flexibility index (Phi) is 6.10. The number of nitrogens with two attached hydrogens (primary N) is 1. The van der Waals surface area contributed by atoms with E-state index in [1.807, 2.05) is 18.2 Å². The molecule has 0 aliphatic heterocycles. The minimum atomic E-state index is -4.12. The summed E-state index contributed by atoms with van der Waals surface area (Å²) in [5, 5.41) is 0. The van der Waals surface area contributed by atoms with Crippen molar-refractivity contribution in [1.82, 2.24) is 5.43 Å². The number of benzene rings is 1. The van der Waals surface area contributed by atoms with Crippen molar-refractivity contribution >= 4 is 31.9 Å². The van der Waals surface area contributed by atoms with Gasteiger partial charge in [0.15, 0.2) is 0 Å². The van der Waals surface area contributed by atoms with Gasteiger partial charge in [-0.2, -0.15) is 13.2 Å². The third-order valence-electron chi connectivity index (χ3n) is 2.49. The maximum absolute atomic E-state index is 12.1. The lowest BCUT2D eigenvalue weighted by molar-refractivity contribution is -0.135. The number of alkyl halides is 3. The van der Waals surface area contributed by atoms with Crippen LogP contribution < -0.4 is 11.3 Å². The molecule has 1 aromatic carbocycles. The van der Waals surface area contributed by atoms with Crippen molar-refractivity contribution in [1.29, 1.82) is 0 Å². The van der Waals surface area contributed by atoms with Crippen LogP contribution in [0.15, 0.2) is 27.1 Å². The summed E-state index contributed by atoms with van der Waals surface area (Å²) < 4.78 is 37.9. The molecule has 0 saturated carbocycles. The molecule has 1 unspecified atom stereocenters. The van der Waals surface area contributed by atoms with Crippen LogP contribution in [0.1, 0.15) is 30.9 Å². The van der Waals surface area contributed by atoms with E-state index in [9.17, 15) is 13.2 Å². The Balaban J connectivity index is 2.68. The normalized spacial score (nSPS) is 13.7. The Morgan fingerprint density at radius 1 is 1.28 bits per heavy atom. The summed E-state index contributed by atoms with van der Waals surface area (Å²) in [6.45, 7) is 0. The fourth-order valence-corrected chi connectivity index (χ4v) is 2.52. The van der Waals surface area contributed by atoms with Gasteiger partial charge in [0.2, 0.25) is 0 Å². The standard InChI is InChI=1S/C11H13Br2F3N2/c12-7-3-4-9(13)8(6-7)10(18-17)2-1-5-11(14,15)16/h3-4,6,10,18H,1-2,5,17H2. The Bertz CT molecular complexity index is 396. The highest BCUT2D eigenvalue weighted by Crippen LogP contribution is 2.31. The monoisotopic (exact) mass is 388 g/mol. The number of hydrogen-bond acceptors (Lipinski definition) is 2. The SMILES string of the molecule is NNC(CCCC(F)(F)F)c1cc(Br)ccc1Br. The van der Waals surface area contributed by atoms with E-state index in [4.69, 9.17) is 5.84 Å². The fourth-order valence-electron chi connectivity index (χ4n) is 1.62. The van der Waals surface area contributed by atoms with Crippen LogP contribution in [0.3, 0.4) is 0 Å². The zero-order valence-corrected chi connectivity index (χ0v) is 12.6. The first-order chi connectivity index (χ1) is 8.33. The van der Waals surface area contributed by atoms with Crippen LogP contribution in [-0.2, 0) is 0 Å². The average Bonchev–Trinajstić information content (AvgIpc) is 2.27. The minimum Gasteiger partial charge on any atom is -0.271 e. The molecule has 0 spiro atoms. The molecule has 0 heterocycles. The van der Waals surface area contributed by atoms with Crippen molar-refractivity contribution in [3.05, 3.63) is 32.7 Å². The lowest BCUT2D eigenvalue weighted by Crippen LogP contribution is -2.28. The number of nitrogens with one attached hydrogen (secondary N) is 1. The molecule has 3 N–H and O–H groups in total. The average molecular weight is 390 g/mol. The summed E-state index contributed by atoms with van der Waals surface area (Å²) >= 11 is 6.69. The number of halogens is 5. The zero-order valence-electron chi connectivity index (χ0n) is 9.40. The van der Waals surface area contributed by atoms with Gasteiger partial charge < -0.3 is 0 Å². The molecule has 0 bridgehead atoms. The lowest BCUT2D eigenvalue weighted by Gasteiger charge is -2.18. The van der Waals surface area contributed by atoms with E-state index in [0.29, 0.717) is 6.42 Å². The van der Waals surface area contributed by atoms with Crippen LogP contribution in [0, 0.1) is 0 Å². The summed E-state index contributed by atoms with van der Waals surface area (Å²) in [5.41, 5.74) is 3.40. The summed E-state index contributed by atoms with van der Waals surface area (Å²) in [5.74, 6) is 5.41. The summed E-state index contributed by atoms with van der Waals surface area (Å²) in [7, 11) is 0. The zero-order chi connectivity index (χ0) is 13.8. The molecule has 0 radical (unpaired) electrons. The Hall–Kier alpha value is -0.110. The molecule has 7 heteroatoms. The highest BCUT2D eigenvalue weighted by Gasteiger charge is 2.27. The molecule has 0 aliphatic carbocycles. The quantitative estimate of drug-likeness (QED) is 0.576. The molecule has 102 valence electrons. The molecule has 0 saturated heterocycles. The van der Waals surface area contributed by atoms with E-state index < -0.39 is 12.6 Å². The van der Waals surface area contributed by atoms with E-state index in [1.54, 1.807) is 0 Å². The Labute approximate surface area is 120 Å². The van der Waals surface area contributed by atoms with Gasteiger partial charge in [0, 0.05) is 21.4 Å². The number of hydrogen-bond donors (Lipinski definition) is 2. The fraction of sp³-hybridized carbons (Fsp3) is 0.455. The van der Waals surface area contributed by atoms with Crippen molar-refractivity contribution < 1.29 is 13.2 Å². The van der Waals surface area contributed by atoms with E-state index in [-0.39, 0.29) is 12.5 Å². The van der Waals surface area contributed by atoms with Gasteiger partial charge in [0.1, 0.15) is 0 Å².